The maximum Gasteiger partial charge on any atom is 0.174 e. The Morgan fingerprint density at radius 3 is 2.47 bits per heavy atom. The summed E-state index contributed by atoms with van der Waals surface area (Å²) in [5, 5.41) is 4.36. The molecule has 30 heavy (non-hydrogen) atoms. The van der Waals surface area contributed by atoms with Crippen molar-refractivity contribution in [3.8, 4) is 0 Å². The maximum atomic E-state index is 5.89. The fraction of sp³-hybridized carbons (Fsp3) is 0.360. The standard InChI is InChI=1S/C25H28N4S/c1-17-14-18(2)16-20(15-17)29-24(22-11-7-13-28(22)19-8-3-4-9-19)23(27-25(29)30)21-10-5-6-12-26-21/h5-7,10-16,19,23-24H,3-4,8-9H2,1-2H3,(H,27,30). The molecule has 3 heterocycles. The Hall–Kier alpha value is -2.66. The molecule has 1 aromatic carbocycles. The summed E-state index contributed by atoms with van der Waals surface area (Å²) >= 11 is 5.89. The summed E-state index contributed by atoms with van der Waals surface area (Å²) in [6.45, 7) is 4.30. The highest BCUT2D eigenvalue weighted by molar-refractivity contribution is 7.80. The van der Waals surface area contributed by atoms with Gasteiger partial charge in [0.2, 0.25) is 0 Å². The number of benzene rings is 1. The Morgan fingerprint density at radius 2 is 1.77 bits per heavy atom. The van der Waals surface area contributed by atoms with E-state index in [1.165, 1.54) is 42.5 Å². The van der Waals surface area contributed by atoms with E-state index in [2.05, 4.69) is 82.3 Å². The van der Waals surface area contributed by atoms with Gasteiger partial charge in [-0.05, 0) is 86.4 Å². The number of hydrogen-bond acceptors (Lipinski definition) is 2. The van der Waals surface area contributed by atoms with E-state index in [4.69, 9.17) is 12.2 Å². The van der Waals surface area contributed by atoms with Gasteiger partial charge in [-0.2, -0.15) is 0 Å². The molecule has 4 nitrogen and oxygen atoms in total. The third kappa shape index (κ3) is 3.41. The Kier molecular flexibility index (Phi) is 5.07. The zero-order chi connectivity index (χ0) is 20.7. The van der Waals surface area contributed by atoms with Crippen molar-refractivity contribution in [2.45, 2.75) is 57.7 Å². The van der Waals surface area contributed by atoms with Gasteiger partial charge in [-0.3, -0.25) is 4.98 Å². The van der Waals surface area contributed by atoms with Crippen LogP contribution in [0.1, 0.15) is 66.3 Å². The van der Waals surface area contributed by atoms with E-state index in [0.717, 1.165) is 16.5 Å². The molecule has 2 aliphatic rings. The van der Waals surface area contributed by atoms with Crippen LogP contribution in [0.15, 0.2) is 60.9 Å². The van der Waals surface area contributed by atoms with Crippen molar-refractivity contribution in [2.24, 2.45) is 0 Å². The smallest absolute Gasteiger partial charge is 0.174 e. The molecule has 1 aliphatic heterocycles. The second-order valence-corrected chi connectivity index (χ2v) is 9.01. The first kappa shape index (κ1) is 19.3. The number of thiocarbonyl (C=S) groups is 1. The predicted molar refractivity (Wildman–Crippen MR) is 126 cm³/mol. The molecule has 2 aromatic heterocycles. The third-order valence-electron chi connectivity index (χ3n) is 6.42. The number of rotatable bonds is 4. The summed E-state index contributed by atoms with van der Waals surface area (Å²) in [5.74, 6) is 0. The molecule has 1 saturated heterocycles. The molecule has 1 saturated carbocycles. The molecule has 154 valence electrons. The van der Waals surface area contributed by atoms with Crippen molar-refractivity contribution < 1.29 is 0 Å². The first-order chi connectivity index (χ1) is 14.6. The van der Waals surface area contributed by atoms with E-state index >= 15 is 0 Å². The largest absolute Gasteiger partial charge is 0.351 e. The molecule has 5 rings (SSSR count). The second kappa shape index (κ2) is 7.88. The van der Waals surface area contributed by atoms with Gasteiger partial charge in [0.05, 0.1) is 11.7 Å². The number of pyridine rings is 1. The molecular formula is C25H28N4S. The molecule has 0 spiro atoms. The molecule has 1 aliphatic carbocycles. The fourth-order valence-electron chi connectivity index (χ4n) is 5.20. The van der Waals surface area contributed by atoms with Gasteiger partial charge < -0.3 is 14.8 Å². The monoisotopic (exact) mass is 416 g/mol. The number of nitrogens with zero attached hydrogens (tertiary/aromatic N) is 3. The first-order valence-corrected chi connectivity index (χ1v) is 11.3. The third-order valence-corrected chi connectivity index (χ3v) is 6.73. The van der Waals surface area contributed by atoms with Gasteiger partial charge in [0.25, 0.3) is 0 Å². The van der Waals surface area contributed by atoms with Crippen LogP contribution >= 0.6 is 12.2 Å². The van der Waals surface area contributed by atoms with Crippen LogP contribution in [-0.2, 0) is 0 Å². The molecular weight excluding hydrogens is 388 g/mol. The summed E-state index contributed by atoms with van der Waals surface area (Å²) < 4.78 is 2.50. The Bertz CT molecular complexity index is 1030. The van der Waals surface area contributed by atoms with Gasteiger partial charge >= 0.3 is 0 Å². The predicted octanol–water partition coefficient (Wildman–Crippen LogP) is 5.79. The van der Waals surface area contributed by atoms with Crippen LogP contribution in [0.5, 0.6) is 0 Å². The quantitative estimate of drug-likeness (QED) is 0.546. The van der Waals surface area contributed by atoms with Gasteiger partial charge in [0.1, 0.15) is 6.04 Å². The Morgan fingerprint density at radius 1 is 1.00 bits per heavy atom. The zero-order valence-corrected chi connectivity index (χ0v) is 18.4. The van der Waals surface area contributed by atoms with Crippen molar-refractivity contribution >= 4 is 23.0 Å². The summed E-state index contributed by atoms with van der Waals surface area (Å²) in [4.78, 5) is 6.99. The average Bonchev–Trinajstić information content (AvgIpc) is 3.47. The minimum absolute atomic E-state index is 0.00886. The SMILES string of the molecule is Cc1cc(C)cc(N2C(=S)NC(c3ccccn3)C2c2cccn2C2CCCC2)c1. The van der Waals surface area contributed by atoms with Gasteiger partial charge in [-0.25, -0.2) is 0 Å². The lowest BCUT2D eigenvalue weighted by Crippen LogP contribution is -2.30. The Labute approximate surface area is 183 Å². The van der Waals surface area contributed by atoms with Crippen LogP contribution in [0, 0.1) is 13.8 Å². The van der Waals surface area contributed by atoms with Gasteiger partial charge in [-0.15, -0.1) is 0 Å². The molecule has 1 N–H and O–H groups in total. The fourth-order valence-corrected chi connectivity index (χ4v) is 5.54. The number of aromatic nitrogens is 2. The molecule has 0 amide bonds. The Balaban J connectivity index is 1.65. The van der Waals surface area contributed by atoms with Gasteiger partial charge in [-0.1, -0.05) is 25.0 Å². The van der Waals surface area contributed by atoms with Crippen LogP contribution in [-0.4, -0.2) is 14.7 Å². The van der Waals surface area contributed by atoms with Crippen molar-refractivity contribution in [1.29, 1.82) is 0 Å². The van der Waals surface area contributed by atoms with Gasteiger partial charge in [0, 0.05) is 29.8 Å². The summed E-state index contributed by atoms with van der Waals surface area (Å²) in [6.07, 6.45) is 9.25. The van der Waals surface area contributed by atoms with Gasteiger partial charge in [0.15, 0.2) is 5.11 Å². The van der Waals surface area contributed by atoms with E-state index in [9.17, 15) is 0 Å². The second-order valence-electron chi connectivity index (χ2n) is 8.62. The highest BCUT2D eigenvalue weighted by atomic mass is 32.1. The normalized spacial score (nSPS) is 21.9. The van der Waals surface area contributed by atoms with Crippen LogP contribution < -0.4 is 10.2 Å². The van der Waals surface area contributed by atoms with E-state index < -0.39 is 0 Å². The zero-order valence-electron chi connectivity index (χ0n) is 17.6. The average molecular weight is 417 g/mol. The molecule has 2 atom stereocenters. The number of aryl methyl sites for hydroxylation is 2. The van der Waals surface area contributed by atoms with E-state index in [1.54, 1.807) is 0 Å². The van der Waals surface area contributed by atoms with E-state index in [0.29, 0.717) is 6.04 Å². The molecule has 3 aromatic rings. The maximum absolute atomic E-state index is 5.89. The van der Waals surface area contributed by atoms with Crippen molar-refractivity contribution in [1.82, 2.24) is 14.9 Å². The summed E-state index contributed by atoms with van der Waals surface area (Å²) in [7, 11) is 0. The van der Waals surface area contributed by atoms with Crippen molar-refractivity contribution in [3.05, 3.63) is 83.4 Å². The lowest BCUT2D eigenvalue weighted by molar-refractivity contribution is 0.461. The summed E-state index contributed by atoms with van der Waals surface area (Å²) in [6, 6.07) is 17.9. The number of nitrogens with one attached hydrogen (secondary N) is 1. The molecule has 0 bridgehead atoms. The topological polar surface area (TPSA) is 33.1 Å². The molecule has 2 unspecified atom stereocenters. The molecule has 2 fully saturated rings. The van der Waals surface area contributed by atoms with Crippen molar-refractivity contribution in [2.75, 3.05) is 4.90 Å². The van der Waals surface area contributed by atoms with E-state index in [-0.39, 0.29) is 12.1 Å². The number of anilines is 1. The summed E-state index contributed by atoms with van der Waals surface area (Å²) in [5.41, 5.74) is 5.98. The van der Waals surface area contributed by atoms with E-state index in [1.807, 2.05) is 12.3 Å². The number of hydrogen-bond donors (Lipinski definition) is 1. The van der Waals surface area contributed by atoms with Crippen LogP contribution in [0.3, 0.4) is 0 Å². The minimum Gasteiger partial charge on any atom is -0.351 e. The minimum atomic E-state index is 0.00886. The molecule has 0 radical (unpaired) electrons. The van der Waals surface area contributed by atoms with Crippen molar-refractivity contribution in [3.63, 3.8) is 0 Å². The van der Waals surface area contributed by atoms with Crippen LogP contribution in [0.4, 0.5) is 5.69 Å². The lowest BCUT2D eigenvalue weighted by atomic mass is 9.99. The highest BCUT2D eigenvalue weighted by Crippen LogP contribution is 2.44. The molecule has 5 heteroatoms. The van der Waals surface area contributed by atoms with Crippen LogP contribution in [0.2, 0.25) is 0 Å². The van der Waals surface area contributed by atoms with Crippen LogP contribution in [0.25, 0.3) is 0 Å². The highest BCUT2D eigenvalue weighted by Gasteiger charge is 2.42. The lowest BCUT2D eigenvalue weighted by Gasteiger charge is -2.30. The first-order valence-electron chi connectivity index (χ1n) is 10.9.